The number of anilines is 2. The first-order chi connectivity index (χ1) is 15.5. The first-order valence-electron chi connectivity index (χ1n) is 10.1. The van der Waals surface area contributed by atoms with Crippen molar-refractivity contribution in [1.29, 1.82) is 0 Å². The number of amides is 2. The lowest BCUT2D eigenvalue weighted by molar-refractivity contribution is -0.116. The van der Waals surface area contributed by atoms with Crippen molar-refractivity contribution < 1.29 is 14.3 Å². The van der Waals surface area contributed by atoms with E-state index < -0.39 is 0 Å². The van der Waals surface area contributed by atoms with Crippen molar-refractivity contribution in [2.24, 2.45) is 0 Å². The molecule has 4 aromatic rings. The van der Waals surface area contributed by atoms with E-state index in [0.717, 1.165) is 27.9 Å². The summed E-state index contributed by atoms with van der Waals surface area (Å²) in [6, 6.07) is 14.9. The molecule has 8 nitrogen and oxygen atoms in total. The molecule has 32 heavy (non-hydrogen) atoms. The van der Waals surface area contributed by atoms with Crippen LogP contribution in [0.2, 0.25) is 0 Å². The number of nitrogens with zero attached hydrogens (tertiary/aromatic N) is 3. The van der Waals surface area contributed by atoms with Crippen LogP contribution >= 0.6 is 11.8 Å². The van der Waals surface area contributed by atoms with Crippen LogP contribution in [0.3, 0.4) is 0 Å². The molecule has 0 radical (unpaired) electrons. The highest BCUT2D eigenvalue weighted by Gasteiger charge is 2.14. The van der Waals surface area contributed by atoms with Gasteiger partial charge in [0.05, 0.1) is 18.4 Å². The average molecular weight is 450 g/mol. The highest BCUT2D eigenvalue weighted by Crippen LogP contribution is 2.28. The van der Waals surface area contributed by atoms with Gasteiger partial charge in [-0.05, 0) is 60.3 Å². The molecule has 0 spiro atoms. The van der Waals surface area contributed by atoms with Crippen LogP contribution < -0.4 is 15.4 Å². The number of carbonyl (C=O) groups is 2. The standard InChI is InChI=1S/C23H23N5O3S/c1-4-20(29)24-16-6-8-17(9-7-16)25-21(30)13-32-23-27-26-22-14(2)11-15-5-10-18(31-3)12-19(15)28(22)23/h5-12H,4,13H2,1-3H3,(H,24,29)(H,25,30). The minimum Gasteiger partial charge on any atom is -0.497 e. The highest BCUT2D eigenvalue weighted by atomic mass is 32.2. The summed E-state index contributed by atoms with van der Waals surface area (Å²) in [5.41, 5.74) is 4.02. The van der Waals surface area contributed by atoms with Gasteiger partial charge in [0, 0.05) is 23.9 Å². The van der Waals surface area contributed by atoms with E-state index in [4.69, 9.17) is 4.74 Å². The van der Waals surface area contributed by atoms with Gasteiger partial charge < -0.3 is 15.4 Å². The summed E-state index contributed by atoms with van der Waals surface area (Å²) in [6.07, 6.45) is 0.411. The van der Waals surface area contributed by atoms with Gasteiger partial charge in [0.2, 0.25) is 11.8 Å². The Labute approximate surface area is 189 Å². The molecule has 0 atom stereocenters. The largest absolute Gasteiger partial charge is 0.497 e. The van der Waals surface area contributed by atoms with Crippen LogP contribution in [0, 0.1) is 6.92 Å². The number of hydrogen-bond donors (Lipinski definition) is 2. The summed E-state index contributed by atoms with van der Waals surface area (Å²) >= 11 is 1.31. The molecule has 2 N–H and O–H groups in total. The van der Waals surface area contributed by atoms with Crippen LogP contribution in [0.25, 0.3) is 16.6 Å². The number of fused-ring (bicyclic) bond motifs is 3. The minimum absolute atomic E-state index is 0.0564. The van der Waals surface area contributed by atoms with E-state index in [0.29, 0.717) is 23.0 Å². The average Bonchev–Trinajstić information content (AvgIpc) is 3.24. The van der Waals surface area contributed by atoms with Gasteiger partial charge in [0.25, 0.3) is 0 Å². The molecule has 2 heterocycles. The molecule has 2 aromatic heterocycles. The Morgan fingerprint density at radius 2 is 1.69 bits per heavy atom. The van der Waals surface area contributed by atoms with Gasteiger partial charge in [0.1, 0.15) is 5.75 Å². The molecular formula is C23H23N5O3S. The smallest absolute Gasteiger partial charge is 0.234 e. The Kier molecular flexibility index (Phi) is 6.27. The molecule has 164 valence electrons. The fraction of sp³-hybridized carbons (Fsp3) is 0.217. The third-order valence-electron chi connectivity index (χ3n) is 4.94. The molecule has 0 saturated carbocycles. The number of pyridine rings is 1. The molecule has 2 amide bonds. The van der Waals surface area contributed by atoms with Gasteiger partial charge >= 0.3 is 0 Å². The van der Waals surface area contributed by atoms with Crippen LogP contribution in [-0.2, 0) is 9.59 Å². The number of hydrogen-bond acceptors (Lipinski definition) is 6. The maximum absolute atomic E-state index is 12.5. The SMILES string of the molecule is CCC(=O)Nc1ccc(NC(=O)CSc2nnc3c(C)cc4ccc(OC)cc4n23)cc1. The van der Waals surface area contributed by atoms with Crippen molar-refractivity contribution >= 4 is 51.5 Å². The number of carbonyl (C=O) groups excluding carboxylic acids is 2. The number of methoxy groups -OCH3 is 1. The molecule has 0 saturated heterocycles. The van der Waals surface area contributed by atoms with E-state index in [2.05, 4.69) is 26.9 Å². The van der Waals surface area contributed by atoms with Gasteiger partial charge in [0.15, 0.2) is 10.8 Å². The molecule has 0 aliphatic rings. The van der Waals surface area contributed by atoms with Crippen LogP contribution in [-0.4, -0.2) is 39.3 Å². The molecule has 0 aliphatic heterocycles. The van der Waals surface area contributed by atoms with Crippen molar-refractivity contribution in [2.75, 3.05) is 23.5 Å². The van der Waals surface area contributed by atoms with Crippen LogP contribution in [0.1, 0.15) is 18.9 Å². The van der Waals surface area contributed by atoms with Gasteiger partial charge in [-0.3, -0.25) is 14.0 Å². The monoisotopic (exact) mass is 449 g/mol. The summed E-state index contributed by atoms with van der Waals surface area (Å²) in [5, 5.41) is 15.9. The number of nitrogens with one attached hydrogen (secondary N) is 2. The molecule has 0 bridgehead atoms. The van der Waals surface area contributed by atoms with Gasteiger partial charge in [-0.2, -0.15) is 0 Å². The van der Waals surface area contributed by atoms with Crippen molar-refractivity contribution in [1.82, 2.24) is 14.6 Å². The number of aryl methyl sites for hydroxylation is 1. The molecule has 0 unspecified atom stereocenters. The maximum Gasteiger partial charge on any atom is 0.234 e. The lowest BCUT2D eigenvalue weighted by atomic mass is 10.1. The van der Waals surface area contributed by atoms with E-state index in [-0.39, 0.29) is 17.6 Å². The Morgan fingerprint density at radius 1 is 1.00 bits per heavy atom. The Balaban J connectivity index is 1.49. The second-order valence-corrected chi connectivity index (χ2v) is 8.15. The predicted molar refractivity (Wildman–Crippen MR) is 126 cm³/mol. The van der Waals surface area contributed by atoms with Crippen molar-refractivity contribution in [3.8, 4) is 5.75 Å². The second kappa shape index (κ2) is 9.27. The molecule has 4 rings (SSSR count). The normalized spacial score (nSPS) is 11.0. The van der Waals surface area contributed by atoms with E-state index >= 15 is 0 Å². The number of benzene rings is 2. The van der Waals surface area contributed by atoms with Crippen LogP contribution in [0.4, 0.5) is 11.4 Å². The molecule has 9 heteroatoms. The zero-order valence-electron chi connectivity index (χ0n) is 18.0. The zero-order chi connectivity index (χ0) is 22.7. The number of ether oxygens (including phenoxy) is 1. The maximum atomic E-state index is 12.5. The third-order valence-corrected chi connectivity index (χ3v) is 5.87. The van der Waals surface area contributed by atoms with Crippen LogP contribution in [0.5, 0.6) is 5.75 Å². The van der Waals surface area contributed by atoms with E-state index in [1.54, 1.807) is 38.3 Å². The minimum atomic E-state index is -0.161. The zero-order valence-corrected chi connectivity index (χ0v) is 18.8. The van der Waals surface area contributed by atoms with Crippen molar-refractivity contribution in [3.05, 3.63) is 54.1 Å². The number of rotatable bonds is 7. The quantitative estimate of drug-likeness (QED) is 0.409. The van der Waals surface area contributed by atoms with Crippen LogP contribution in [0.15, 0.2) is 53.7 Å². The summed E-state index contributed by atoms with van der Waals surface area (Å²) in [7, 11) is 1.63. The summed E-state index contributed by atoms with van der Waals surface area (Å²) in [5.74, 6) is 0.698. The highest BCUT2D eigenvalue weighted by molar-refractivity contribution is 7.99. The Hall–Kier alpha value is -3.59. The van der Waals surface area contributed by atoms with E-state index in [9.17, 15) is 9.59 Å². The lowest BCUT2D eigenvalue weighted by Gasteiger charge is -2.09. The number of thioether (sulfide) groups is 1. The molecular weight excluding hydrogens is 426 g/mol. The predicted octanol–water partition coefficient (Wildman–Crippen LogP) is 4.28. The molecule has 0 fully saturated rings. The van der Waals surface area contributed by atoms with Gasteiger partial charge in [-0.1, -0.05) is 18.7 Å². The Bertz CT molecular complexity index is 1300. The topological polar surface area (TPSA) is 97.6 Å². The van der Waals surface area contributed by atoms with Gasteiger partial charge in [-0.25, -0.2) is 0 Å². The summed E-state index contributed by atoms with van der Waals surface area (Å²) in [4.78, 5) is 24.0. The van der Waals surface area contributed by atoms with Crippen molar-refractivity contribution in [3.63, 3.8) is 0 Å². The first-order valence-corrected chi connectivity index (χ1v) is 11.1. The molecule has 0 aliphatic carbocycles. The summed E-state index contributed by atoms with van der Waals surface area (Å²) in [6.45, 7) is 3.78. The number of aromatic nitrogens is 3. The van der Waals surface area contributed by atoms with E-state index in [1.165, 1.54) is 11.8 Å². The second-order valence-electron chi connectivity index (χ2n) is 7.21. The first kappa shape index (κ1) is 21.6. The summed E-state index contributed by atoms with van der Waals surface area (Å²) < 4.78 is 7.32. The lowest BCUT2D eigenvalue weighted by Crippen LogP contribution is -2.14. The van der Waals surface area contributed by atoms with Crippen molar-refractivity contribution in [2.45, 2.75) is 25.4 Å². The Morgan fingerprint density at radius 3 is 2.34 bits per heavy atom. The fourth-order valence-electron chi connectivity index (χ4n) is 3.31. The third kappa shape index (κ3) is 4.52. The molecule has 2 aromatic carbocycles. The fourth-order valence-corrected chi connectivity index (χ4v) is 4.06. The van der Waals surface area contributed by atoms with Gasteiger partial charge in [-0.15, -0.1) is 10.2 Å². The van der Waals surface area contributed by atoms with E-state index in [1.807, 2.05) is 29.5 Å².